The van der Waals surface area contributed by atoms with Crippen LogP contribution in [0.4, 0.5) is 19.0 Å². The van der Waals surface area contributed by atoms with Gasteiger partial charge >= 0.3 is 6.18 Å². The predicted octanol–water partition coefficient (Wildman–Crippen LogP) is 3.05. The Bertz CT molecular complexity index is 722. The number of ether oxygens (including phenoxy) is 1. The number of nitrogens with zero attached hydrogens (tertiary/aromatic N) is 3. The average Bonchev–Trinajstić information content (AvgIpc) is 2.39. The molecule has 0 fully saturated rings. The zero-order valence-electron chi connectivity index (χ0n) is 10.8. The number of aromatic nitrogens is 2. The van der Waals surface area contributed by atoms with Crippen molar-refractivity contribution in [3.63, 3.8) is 0 Å². The van der Waals surface area contributed by atoms with Crippen molar-refractivity contribution in [2.24, 2.45) is 0 Å². The number of rotatable bonds is 2. The maximum absolute atomic E-state index is 12.6. The Morgan fingerprint density at radius 3 is 2.57 bits per heavy atom. The normalized spacial score (nSPS) is 11.0. The summed E-state index contributed by atoms with van der Waals surface area (Å²) in [6.07, 6.45) is -4.73. The molecule has 1 heterocycles. The van der Waals surface area contributed by atoms with Crippen LogP contribution in [0.25, 0.3) is 0 Å². The number of hydrogen-bond acceptors (Lipinski definition) is 5. The number of alkyl halides is 3. The Hall–Kier alpha value is -2.82. The number of halogens is 3. The second kappa shape index (κ2) is 5.28. The topological polar surface area (TPSA) is 84.8 Å². The molecule has 0 saturated heterocycles. The van der Waals surface area contributed by atoms with Gasteiger partial charge in [0, 0.05) is 6.07 Å². The fourth-order valence-corrected chi connectivity index (χ4v) is 1.51. The Labute approximate surface area is 117 Å². The summed E-state index contributed by atoms with van der Waals surface area (Å²) >= 11 is 0. The fraction of sp³-hybridized carbons (Fsp3) is 0.154. The van der Waals surface area contributed by atoms with Crippen LogP contribution in [0, 0.1) is 18.3 Å². The quantitative estimate of drug-likeness (QED) is 0.920. The van der Waals surface area contributed by atoms with Crippen LogP contribution in [0.3, 0.4) is 0 Å². The number of nitriles is 1. The minimum absolute atomic E-state index is 0.222. The molecule has 0 aliphatic rings. The van der Waals surface area contributed by atoms with Crippen molar-refractivity contribution in [1.82, 2.24) is 9.97 Å². The van der Waals surface area contributed by atoms with E-state index in [4.69, 9.17) is 15.7 Å². The minimum Gasteiger partial charge on any atom is -0.439 e. The summed E-state index contributed by atoms with van der Waals surface area (Å²) in [5.74, 6) is -1.86. The molecule has 8 heteroatoms. The monoisotopic (exact) mass is 294 g/mol. The van der Waals surface area contributed by atoms with Crippen molar-refractivity contribution in [1.29, 1.82) is 5.26 Å². The van der Waals surface area contributed by atoms with Gasteiger partial charge in [0.05, 0.1) is 11.6 Å². The van der Waals surface area contributed by atoms with Crippen molar-refractivity contribution >= 4 is 5.82 Å². The van der Waals surface area contributed by atoms with E-state index in [0.717, 1.165) is 6.07 Å². The van der Waals surface area contributed by atoms with E-state index in [-0.39, 0.29) is 17.4 Å². The molecule has 21 heavy (non-hydrogen) atoms. The highest BCUT2D eigenvalue weighted by Gasteiger charge is 2.35. The highest BCUT2D eigenvalue weighted by Crippen LogP contribution is 2.30. The van der Waals surface area contributed by atoms with Crippen molar-refractivity contribution in [3.05, 3.63) is 41.2 Å². The van der Waals surface area contributed by atoms with Gasteiger partial charge in [-0.05, 0) is 24.6 Å². The highest BCUT2D eigenvalue weighted by atomic mass is 19.4. The summed E-state index contributed by atoms with van der Waals surface area (Å²) < 4.78 is 43.1. The number of benzene rings is 1. The highest BCUT2D eigenvalue weighted by molar-refractivity contribution is 5.44. The SMILES string of the molecule is Cc1ccc(C#N)cc1Oc1cc(N)nc(C(F)(F)F)n1. The molecule has 2 aromatic rings. The maximum Gasteiger partial charge on any atom is 0.451 e. The van der Waals surface area contributed by atoms with Crippen LogP contribution in [0.15, 0.2) is 24.3 Å². The predicted molar refractivity (Wildman–Crippen MR) is 67.4 cm³/mol. The van der Waals surface area contributed by atoms with Gasteiger partial charge in [0.1, 0.15) is 11.6 Å². The lowest BCUT2D eigenvalue weighted by Gasteiger charge is -2.11. The lowest BCUT2D eigenvalue weighted by atomic mass is 10.1. The van der Waals surface area contributed by atoms with Gasteiger partial charge in [0.25, 0.3) is 0 Å². The summed E-state index contributed by atoms with van der Waals surface area (Å²) in [6.45, 7) is 1.69. The fourth-order valence-electron chi connectivity index (χ4n) is 1.51. The average molecular weight is 294 g/mol. The molecule has 0 amide bonds. The van der Waals surface area contributed by atoms with Gasteiger partial charge in [-0.1, -0.05) is 6.07 Å². The Kier molecular flexibility index (Phi) is 3.67. The molecular weight excluding hydrogens is 285 g/mol. The van der Waals surface area contributed by atoms with Gasteiger partial charge in [-0.25, -0.2) is 4.98 Å². The molecule has 0 aliphatic carbocycles. The lowest BCUT2D eigenvalue weighted by Crippen LogP contribution is -2.13. The first-order valence-electron chi connectivity index (χ1n) is 5.70. The van der Waals surface area contributed by atoms with Crippen molar-refractivity contribution in [3.8, 4) is 17.7 Å². The maximum atomic E-state index is 12.6. The standard InChI is InChI=1S/C13H9F3N4O/c1-7-2-3-8(6-17)4-9(7)21-11-5-10(18)19-12(20-11)13(14,15)16/h2-5H,1H3,(H2,18,19,20). The first kappa shape index (κ1) is 14.6. The summed E-state index contributed by atoms with van der Waals surface area (Å²) in [5, 5.41) is 8.81. The first-order valence-corrected chi connectivity index (χ1v) is 5.70. The lowest BCUT2D eigenvalue weighted by molar-refractivity contribution is -0.145. The van der Waals surface area contributed by atoms with E-state index in [0.29, 0.717) is 11.1 Å². The summed E-state index contributed by atoms with van der Waals surface area (Å²) in [6, 6.07) is 7.57. The number of nitrogens with two attached hydrogens (primary N) is 1. The molecule has 108 valence electrons. The zero-order valence-corrected chi connectivity index (χ0v) is 10.8. The third-order valence-corrected chi connectivity index (χ3v) is 2.51. The molecule has 1 aromatic carbocycles. The van der Waals surface area contributed by atoms with Gasteiger partial charge in [0.15, 0.2) is 0 Å². The van der Waals surface area contributed by atoms with Crippen LogP contribution in [-0.2, 0) is 6.18 Å². The number of hydrogen-bond donors (Lipinski definition) is 1. The molecular formula is C13H9F3N4O. The molecule has 2 N–H and O–H groups in total. The van der Waals surface area contributed by atoms with Crippen LogP contribution in [-0.4, -0.2) is 9.97 Å². The zero-order chi connectivity index (χ0) is 15.6. The second-order valence-electron chi connectivity index (χ2n) is 4.15. The van der Waals surface area contributed by atoms with Gasteiger partial charge in [0.2, 0.25) is 11.7 Å². The molecule has 0 bridgehead atoms. The third-order valence-electron chi connectivity index (χ3n) is 2.51. The Morgan fingerprint density at radius 2 is 1.95 bits per heavy atom. The second-order valence-corrected chi connectivity index (χ2v) is 4.15. The van der Waals surface area contributed by atoms with Crippen LogP contribution >= 0.6 is 0 Å². The van der Waals surface area contributed by atoms with E-state index in [9.17, 15) is 13.2 Å². The van der Waals surface area contributed by atoms with Crippen LogP contribution in [0.2, 0.25) is 0 Å². The number of nitrogen functional groups attached to an aromatic ring is 1. The van der Waals surface area contributed by atoms with Gasteiger partial charge in [-0.3, -0.25) is 0 Å². The van der Waals surface area contributed by atoms with Gasteiger partial charge in [-0.2, -0.15) is 23.4 Å². The number of aryl methyl sites for hydroxylation is 1. The van der Waals surface area contributed by atoms with E-state index in [1.54, 1.807) is 19.1 Å². The molecule has 0 atom stereocenters. The van der Waals surface area contributed by atoms with E-state index in [1.807, 2.05) is 6.07 Å². The summed E-state index contributed by atoms with van der Waals surface area (Å²) in [7, 11) is 0. The Balaban J connectivity index is 2.41. The summed E-state index contributed by atoms with van der Waals surface area (Å²) in [4.78, 5) is 6.39. The van der Waals surface area contributed by atoms with E-state index >= 15 is 0 Å². The van der Waals surface area contributed by atoms with Crippen molar-refractivity contribution in [2.75, 3.05) is 5.73 Å². The molecule has 2 rings (SSSR count). The largest absolute Gasteiger partial charge is 0.451 e. The van der Waals surface area contributed by atoms with E-state index < -0.39 is 12.0 Å². The number of anilines is 1. The molecule has 1 aromatic heterocycles. The van der Waals surface area contributed by atoms with Gasteiger partial charge in [-0.15, -0.1) is 0 Å². The van der Waals surface area contributed by atoms with Crippen LogP contribution in [0.5, 0.6) is 11.6 Å². The molecule has 0 saturated carbocycles. The third kappa shape index (κ3) is 3.39. The molecule has 0 spiro atoms. The molecule has 0 aliphatic heterocycles. The molecule has 0 radical (unpaired) electrons. The van der Waals surface area contributed by atoms with Crippen LogP contribution in [0.1, 0.15) is 17.0 Å². The first-order chi connectivity index (χ1) is 9.79. The molecule has 5 nitrogen and oxygen atoms in total. The van der Waals surface area contributed by atoms with E-state index in [2.05, 4.69) is 9.97 Å². The smallest absolute Gasteiger partial charge is 0.439 e. The van der Waals surface area contributed by atoms with E-state index in [1.165, 1.54) is 6.07 Å². The summed E-state index contributed by atoms with van der Waals surface area (Å²) in [5.41, 5.74) is 6.27. The Morgan fingerprint density at radius 1 is 1.24 bits per heavy atom. The minimum atomic E-state index is -4.73. The van der Waals surface area contributed by atoms with Crippen molar-refractivity contribution in [2.45, 2.75) is 13.1 Å². The van der Waals surface area contributed by atoms with Gasteiger partial charge < -0.3 is 10.5 Å². The van der Waals surface area contributed by atoms with Crippen molar-refractivity contribution < 1.29 is 17.9 Å². The van der Waals surface area contributed by atoms with Crippen LogP contribution < -0.4 is 10.5 Å². The molecule has 0 unspecified atom stereocenters.